The Morgan fingerprint density at radius 2 is 1.87 bits per heavy atom. The Kier molecular flexibility index (Phi) is 5.52. The first-order valence-electron chi connectivity index (χ1n) is 9.92. The van der Waals surface area contributed by atoms with Crippen LogP contribution in [0, 0.1) is 0 Å². The molecule has 0 radical (unpaired) electrons. The van der Waals surface area contributed by atoms with Gasteiger partial charge in [0.25, 0.3) is 5.91 Å². The lowest BCUT2D eigenvalue weighted by Crippen LogP contribution is -2.49. The Morgan fingerprint density at radius 1 is 1.10 bits per heavy atom. The van der Waals surface area contributed by atoms with Crippen molar-refractivity contribution in [2.75, 3.05) is 12.3 Å². The van der Waals surface area contributed by atoms with Gasteiger partial charge in [-0.25, -0.2) is 4.98 Å². The summed E-state index contributed by atoms with van der Waals surface area (Å²) in [4.78, 5) is 32.5. The number of rotatable bonds is 5. The van der Waals surface area contributed by atoms with Gasteiger partial charge in [0.1, 0.15) is 6.10 Å². The number of primary amides is 1. The van der Waals surface area contributed by atoms with Gasteiger partial charge in [-0.1, -0.05) is 0 Å². The van der Waals surface area contributed by atoms with Gasteiger partial charge < -0.3 is 21.1 Å². The number of amides is 2. The van der Waals surface area contributed by atoms with Crippen molar-refractivity contribution in [2.24, 2.45) is 5.73 Å². The number of anilines is 1. The number of hydrogen-bond acceptors (Lipinski definition) is 7. The van der Waals surface area contributed by atoms with E-state index in [1.165, 1.54) is 23.3 Å². The molecule has 1 aliphatic heterocycles. The van der Waals surface area contributed by atoms with Crippen LogP contribution in [0.1, 0.15) is 40.5 Å². The van der Waals surface area contributed by atoms with E-state index in [9.17, 15) is 9.59 Å². The lowest BCUT2D eigenvalue weighted by atomic mass is 9.98. The average Bonchev–Trinajstić information content (AvgIpc) is 3.29. The van der Waals surface area contributed by atoms with Gasteiger partial charge in [-0.05, 0) is 44.0 Å². The van der Waals surface area contributed by atoms with Gasteiger partial charge in [0.2, 0.25) is 11.8 Å². The molecule has 0 unspecified atom stereocenters. The maximum Gasteiger partial charge on any atom is 0.256 e. The minimum Gasteiger partial charge on any atom is -0.472 e. The molecule has 4 N–H and O–H groups in total. The van der Waals surface area contributed by atoms with Crippen LogP contribution in [0.5, 0.6) is 5.88 Å². The van der Waals surface area contributed by atoms with E-state index in [2.05, 4.69) is 15.2 Å². The van der Waals surface area contributed by atoms with Gasteiger partial charge in [0.05, 0.1) is 30.2 Å². The van der Waals surface area contributed by atoms with Crippen LogP contribution < -0.4 is 16.2 Å². The molecule has 0 spiro atoms. The number of ether oxygens (including phenoxy) is 1. The Morgan fingerprint density at radius 3 is 2.58 bits per heavy atom. The van der Waals surface area contributed by atoms with E-state index in [1.807, 2.05) is 6.92 Å². The first-order valence-corrected chi connectivity index (χ1v) is 9.92. The van der Waals surface area contributed by atoms with Gasteiger partial charge in [-0.15, -0.1) is 0 Å². The summed E-state index contributed by atoms with van der Waals surface area (Å²) in [6.45, 7) is 2.35. The van der Waals surface area contributed by atoms with Gasteiger partial charge in [-0.2, -0.15) is 15.0 Å². The van der Waals surface area contributed by atoms with Crippen LogP contribution >= 0.6 is 0 Å². The highest BCUT2D eigenvalue weighted by Crippen LogP contribution is 2.26. The fourth-order valence-electron chi connectivity index (χ4n) is 3.64. The normalized spacial score (nSPS) is 18.5. The molecule has 10 nitrogen and oxygen atoms in total. The van der Waals surface area contributed by atoms with Crippen molar-refractivity contribution in [1.29, 1.82) is 0 Å². The van der Waals surface area contributed by atoms with E-state index >= 15 is 0 Å². The predicted octanol–water partition coefficient (Wildman–Crippen LogP) is 1.42. The smallest absolute Gasteiger partial charge is 0.256 e. The van der Waals surface area contributed by atoms with Crippen molar-refractivity contribution in [3.05, 3.63) is 60.0 Å². The zero-order valence-electron chi connectivity index (χ0n) is 17.0. The minimum absolute atomic E-state index is 0.0168. The molecular formula is C21H23N7O3. The molecule has 10 heteroatoms. The third-order valence-electron chi connectivity index (χ3n) is 5.29. The summed E-state index contributed by atoms with van der Waals surface area (Å²) in [5.74, 6) is -0.449. The van der Waals surface area contributed by atoms with E-state index in [0.29, 0.717) is 29.4 Å². The number of piperidine rings is 1. The molecule has 3 aromatic rings. The van der Waals surface area contributed by atoms with Crippen LogP contribution in [0.3, 0.4) is 0 Å². The Hall–Kier alpha value is -3.95. The monoisotopic (exact) mass is 421 g/mol. The lowest BCUT2D eigenvalue weighted by Gasteiger charge is -2.38. The Balaban J connectivity index is 1.62. The summed E-state index contributed by atoms with van der Waals surface area (Å²) in [7, 11) is 0. The highest BCUT2D eigenvalue weighted by molar-refractivity contribution is 6.01. The molecule has 4 rings (SSSR count). The summed E-state index contributed by atoms with van der Waals surface area (Å²) in [5.41, 5.74) is 12.8. The fraction of sp³-hybridized carbons (Fsp3) is 0.286. The standard InChI is InChI=1S/C21H23N7O3/c1-13-2-4-16(31-19-11-15(22)6-7-24-19)12-27(13)21(30)17-10-14(20(23)29)3-5-18(17)28-25-8-9-26-28/h3,5-11,13,16H,2,4,12H2,1H3,(H2,22,24)(H2,23,29)/t13-,16-/m1/s1. The molecule has 2 aromatic heterocycles. The molecule has 160 valence electrons. The van der Waals surface area contributed by atoms with Crippen LogP contribution in [0.2, 0.25) is 0 Å². The van der Waals surface area contributed by atoms with E-state index in [1.54, 1.807) is 35.4 Å². The molecule has 31 heavy (non-hydrogen) atoms. The molecule has 0 aliphatic carbocycles. The van der Waals surface area contributed by atoms with E-state index in [4.69, 9.17) is 16.2 Å². The van der Waals surface area contributed by atoms with E-state index < -0.39 is 5.91 Å². The van der Waals surface area contributed by atoms with Crippen molar-refractivity contribution < 1.29 is 14.3 Å². The highest BCUT2D eigenvalue weighted by atomic mass is 16.5. The number of carbonyl (C=O) groups excluding carboxylic acids is 2. The second-order valence-corrected chi connectivity index (χ2v) is 7.47. The number of aromatic nitrogens is 4. The number of nitrogens with zero attached hydrogens (tertiary/aromatic N) is 5. The maximum absolute atomic E-state index is 13.6. The van der Waals surface area contributed by atoms with Crippen LogP contribution in [0.4, 0.5) is 5.69 Å². The second-order valence-electron chi connectivity index (χ2n) is 7.47. The van der Waals surface area contributed by atoms with Crippen LogP contribution in [0.15, 0.2) is 48.9 Å². The molecular weight excluding hydrogens is 398 g/mol. The number of pyridine rings is 1. The quantitative estimate of drug-likeness (QED) is 0.634. The molecule has 3 heterocycles. The third kappa shape index (κ3) is 4.32. The average molecular weight is 421 g/mol. The number of likely N-dealkylation sites (tertiary alicyclic amines) is 1. The van der Waals surface area contributed by atoms with Crippen molar-refractivity contribution >= 4 is 17.5 Å². The van der Waals surface area contributed by atoms with Gasteiger partial charge in [-0.3, -0.25) is 9.59 Å². The number of hydrogen-bond donors (Lipinski definition) is 2. The summed E-state index contributed by atoms with van der Waals surface area (Å²) in [6, 6.07) is 7.97. The highest BCUT2D eigenvalue weighted by Gasteiger charge is 2.32. The molecule has 2 amide bonds. The predicted molar refractivity (Wildman–Crippen MR) is 113 cm³/mol. The Bertz CT molecular complexity index is 1100. The molecule has 1 saturated heterocycles. The van der Waals surface area contributed by atoms with Crippen molar-refractivity contribution in [3.8, 4) is 11.6 Å². The third-order valence-corrected chi connectivity index (χ3v) is 5.29. The summed E-state index contributed by atoms with van der Waals surface area (Å²) < 4.78 is 5.98. The SMILES string of the molecule is C[C@@H]1CC[C@@H](Oc2cc(N)ccn2)CN1C(=O)c1cc(C(N)=O)ccc1-n1nccn1. The zero-order valence-corrected chi connectivity index (χ0v) is 17.0. The second kappa shape index (κ2) is 8.42. The first-order chi connectivity index (χ1) is 14.9. The number of nitrogens with two attached hydrogens (primary N) is 2. The largest absolute Gasteiger partial charge is 0.472 e. The van der Waals surface area contributed by atoms with Crippen LogP contribution in [0.25, 0.3) is 5.69 Å². The van der Waals surface area contributed by atoms with Crippen molar-refractivity contribution in [3.63, 3.8) is 0 Å². The van der Waals surface area contributed by atoms with Crippen molar-refractivity contribution in [2.45, 2.75) is 31.9 Å². The van der Waals surface area contributed by atoms with Gasteiger partial charge >= 0.3 is 0 Å². The molecule has 2 atom stereocenters. The molecule has 1 fully saturated rings. The number of nitrogen functional groups attached to an aromatic ring is 1. The number of carbonyl (C=O) groups is 2. The van der Waals surface area contributed by atoms with Crippen molar-refractivity contribution in [1.82, 2.24) is 24.9 Å². The summed E-state index contributed by atoms with van der Waals surface area (Å²) in [5, 5.41) is 8.24. The Labute approximate surface area is 178 Å². The number of benzene rings is 1. The van der Waals surface area contributed by atoms with E-state index in [0.717, 1.165) is 12.8 Å². The van der Waals surface area contributed by atoms with Crippen LogP contribution in [-0.4, -0.2) is 55.4 Å². The van der Waals surface area contributed by atoms with Crippen LogP contribution in [-0.2, 0) is 0 Å². The minimum atomic E-state index is -0.616. The maximum atomic E-state index is 13.6. The van der Waals surface area contributed by atoms with Gasteiger partial charge in [0, 0.05) is 29.6 Å². The van der Waals surface area contributed by atoms with Gasteiger partial charge in [0.15, 0.2) is 0 Å². The summed E-state index contributed by atoms with van der Waals surface area (Å²) >= 11 is 0. The summed E-state index contributed by atoms with van der Waals surface area (Å²) in [6.07, 6.45) is 5.90. The van der Waals surface area contributed by atoms with E-state index in [-0.39, 0.29) is 23.6 Å². The zero-order chi connectivity index (χ0) is 22.0. The molecule has 0 saturated carbocycles. The molecule has 1 aliphatic rings. The first kappa shape index (κ1) is 20.3. The molecule has 1 aromatic carbocycles. The topological polar surface area (TPSA) is 142 Å². The molecule has 0 bridgehead atoms. The fourth-order valence-corrected chi connectivity index (χ4v) is 3.64. The lowest BCUT2D eigenvalue weighted by molar-refractivity contribution is 0.0373.